The summed E-state index contributed by atoms with van der Waals surface area (Å²) in [5.41, 5.74) is 1.05. The van der Waals surface area contributed by atoms with Gasteiger partial charge in [-0.25, -0.2) is 9.38 Å². The van der Waals surface area contributed by atoms with Crippen LogP contribution in [-0.4, -0.2) is 51.8 Å². The van der Waals surface area contributed by atoms with Gasteiger partial charge >= 0.3 is 0 Å². The van der Waals surface area contributed by atoms with Crippen molar-refractivity contribution in [2.24, 2.45) is 12.0 Å². The van der Waals surface area contributed by atoms with Crippen LogP contribution in [0.4, 0.5) is 10.1 Å². The number of piperazine rings is 1. The quantitative estimate of drug-likeness (QED) is 0.297. The number of benzene rings is 1. The molecule has 0 atom stereocenters. The van der Waals surface area contributed by atoms with Crippen LogP contribution in [0.2, 0.25) is 0 Å². The summed E-state index contributed by atoms with van der Waals surface area (Å²) in [5.74, 6) is 2.39. The van der Waals surface area contributed by atoms with Gasteiger partial charge in [0.15, 0.2) is 11.8 Å². The molecular formula is C21H27FIN7S. The van der Waals surface area contributed by atoms with Crippen LogP contribution in [0.1, 0.15) is 16.5 Å². The Labute approximate surface area is 203 Å². The van der Waals surface area contributed by atoms with Crippen LogP contribution in [0.5, 0.6) is 0 Å². The Hall–Kier alpha value is -2.21. The summed E-state index contributed by atoms with van der Waals surface area (Å²) in [5, 5.41) is 13.9. The minimum Gasteiger partial charge on any atom is -0.368 e. The molecule has 7 nitrogen and oxygen atoms in total. The van der Waals surface area contributed by atoms with E-state index in [9.17, 15) is 4.39 Å². The van der Waals surface area contributed by atoms with Crippen LogP contribution in [0.15, 0.2) is 46.8 Å². The number of thiophene rings is 1. The Morgan fingerprint density at radius 3 is 2.48 bits per heavy atom. The van der Waals surface area contributed by atoms with Crippen LogP contribution >= 0.6 is 35.3 Å². The number of aromatic nitrogens is 3. The SMILES string of the molecule is Cc1nnc(CN=C(NCc2cccs2)N2CCN(c3ccc(F)cc3)CC2)n1C.I. The van der Waals surface area contributed by atoms with E-state index in [2.05, 4.69) is 42.8 Å². The highest BCUT2D eigenvalue weighted by molar-refractivity contribution is 14.0. The van der Waals surface area contributed by atoms with Gasteiger partial charge in [-0.1, -0.05) is 6.07 Å². The highest BCUT2D eigenvalue weighted by atomic mass is 127. The molecule has 0 aliphatic carbocycles. The first-order valence-corrected chi connectivity index (χ1v) is 10.9. The van der Waals surface area contributed by atoms with Gasteiger partial charge in [0.25, 0.3) is 0 Å². The highest BCUT2D eigenvalue weighted by Gasteiger charge is 2.20. The molecule has 1 aliphatic rings. The zero-order chi connectivity index (χ0) is 20.9. The van der Waals surface area contributed by atoms with Crippen LogP contribution in [0.3, 0.4) is 0 Å². The molecule has 1 aliphatic heterocycles. The van der Waals surface area contributed by atoms with Crippen molar-refractivity contribution in [3.63, 3.8) is 0 Å². The molecule has 0 spiro atoms. The highest BCUT2D eigenvalue weighted by Crippen LogP contribution is 2.17. The molecule has 1 saturated heterocycles. The van der Waals surface area contributed by atoms with Gasteiger partial charge in [0.1, 0.15) is 18.2 Å². The van der Waals surface area contributed by atoms with Gasteiger partial charge in [0.05, 0.1) is 6.54 Å². The second kappa shape index (κ2) is 10.9. The number of halogens is 2. The first-order chi connectivity index (χ1) is 14.6. The molecule has 1 aromatic carbocycles. The number of rotatable bonds is 5. The normalized spacial score (nSPS) is 14.5. The molecule has 3 aromatic rings. The number of nitrogens with zero attached hydrogens (tertiary/aromatic N) is 6. The Kier molecular flexibility index (Phi) is 8.24. The molecular weight excluding hydrogens is 528 g/mol. The maximum atomic E-state index is 13.2. The van der Waals surface area contributed by atoms with Crippen molar-refractivity contribution < 1.29 is 4.39 Å². The molecule has 1 N–H and O–H groups in total. The van der Waals surface area contributed by atoms with E-state index in [1.807, 2.05) is 30.7 Å². The molecule has 2 aromatic heterocycles. The van der Waals surface area contributed by atoms with E-state index in [1.165, 1.54) is 17.0 Å². The molecule has 0 unspecified atom stereocenters. The molecule has 4 rings (SSSR count). The third kappa shape index (κ3) is 5.94. The van der Waals surface area contributed by atoms with Gasteiger partial charge in [-0.05, 0) is 42.6 Å². The third-order valence-electron chi connectivity index (χ3n) is 5.32. The molecule has 3 heterocycles. The van der Waals surface area contributed by atoms with E-state index in [-0.39, 0.29) is 29.8 Å². The molecule has 10 heteroatoms. The van der Waals surface area contributed by atoms with E-state index in [0.717, 1.165) is 56.0 Å². The van der Waals surface area contributed by atoms with Crippen molar-refractivity contribution in [2.75, 3.05) is 31.1 Å². The maximum absolute atomic E-state index is 13.2. The molecule has 0 saturated carbocycles. The maximum Gasteiger partial charge on any atom is 0.194 e. The number of hydrogen-bond acceptors (Lipinski definition) is 5. The summed E-state index contributed by atoms with van der Waals surface area (Å²) < 4.78 is 15.2. The van der Waals surface area contributed by atoms with Crippen LogP contribution < -0.4 is 10.2 Å². The van der Waals surface area contributed by atoms with Gasteiger partial charge in [-0.3, -0.25) is 0 Å². The zero-order valence-corrected chi connectivity index (χ0v) is 20.8. The average molecular weight is 555 g/mol. The summed E-state index contributed by atoms with van der Waals surface area (Å²) >= 11 is 1.73. The summed E-state index contributed by atoms with van der Waals surface area (Å²) in [6.45, 7) is 6.54. The molecule has 166 valence electrons. The van der Waals surface area contributed by atoms with E-state index in [0.29, 0.717) is 6.54 Å². The van der Waals surface area contributed by atoms with Gasteiger partial charge in [0.2, 0.25) is 0 Å². The van der Waals surface area contributed by atoms with Crippen molar-refractivity contribution in [2.45, 2.75) is 20.0 Å². The lowest BCUT2D eigenvalue weighted by Gasteiger charge is -2.37. The third-order valence-corrected chi connectivity index (χ3v) is 6.20. The Morgan fingerprint density at radius 1 is 1.13 bits per heavy atom. The lowest BCUT2D eigenvalue weighted by atomic mass is 10.2. The second-order valence-corrected chi connectivity index (χ2v) is 8.28. The predicted molar refractivity (Wildman–Crippen MR) is 134 cm³/mol. The van der Waals surface area contributed by atoms with E-state index < -0.39 is 0 Å². The van der Waals surface area contributed by atoms with Crippen LogP contribution in [0.25, 0.3) is 0 Å². The van der Waals surface area contributed by atoms with Crippen LogP contribution in [-0.2, 0) is 20.1 Å². The Balaban J connectivity index is 0.00000272. The van der Waals surface area contributed by atoms with Gasteiger partial charge in [-0.2, -0.15) is 0 Å². The second-order valence-electron chi connectivity index (χ2n) is 7.25. The standard InChI is InChI=1S/C21H26FN7S.HI/c1-16-25-26-20(27(16)2)15-24-21(23-14-19-4-3-13-30-19)29-11-9-28(10-12-29)18-7-5-17(22)6-8-18;/h3-8,13H,9-12,14-15H2,1-2H3,(H,23,24);1H. The number of nitrogens with one attached hydrogen (secondary N) is 1. The van der Waals surface area contributed by atoms with Gasteiger partial charge in [-0.15, -0.1) is 45.5 Å². The lowest BCUT2D eigenvalue weighted by Crippen LogP contribution is -2.52. The van der Waals surface area contributed by atoms with Crippen molar-refractivity contribution in [1.29, 1.82) is 0 Å². The summed E-state index contributed by atoms with van der Waals surface area (Å²) in [7, 11) is 1.96. The van der Waals surface area contributed by atoms with Crippen molar-refractivity contribution in [3.05, 3.63) is 64.1 Å². The molecule has 1 fully saturated rings. The minimum atomic E-state index is -0.205. The number of guanidine groups is 1. The van der Waals surface area contributed by atoms with Crippen molar-refractivity contribution >= 4 is 47.0 Å². The van der Waals surface area contributed by atoms with Gasteiger partial charge < -0.3 is 19.7 Å². The zero-order valence-electron chi connectivity index (χ0n) is 17.7. The number of hydrogen-bond donors (Lipinski definition) is 1. The van der Waals surface area contributed by atoms with E-state index in [1.54, 1.807) is 11.3 Å². The summed E-state index contributed by atoms with van der Waals surface area (Å²) in [6.07, 6.45) is 0. The molecule has 31 heavy (non-hydrogen) atoms. The van der Waals surface area contributed by atoms with Crippen molar-refractivity contribution in [1.82, 2.24) is 25.0 Å². The molecule has 0 bridgehead atoms. The fourth-order valence-electron chi connectivity index (χ4n) is 3.41. The minimum absolute atomic E-state index is 0. The van der Waals surface area contributed by atoms with E-state index in [4.69, 9.17) is 4.99 Å². The number of aliphatic imine (C=N–C) groups is 1. The fraction of sp³-hybridized carbons (Fsp3) is 0.381. The summed E-state index contributed by atoms with van der Waals surface area (Å²) in [4.78, 5) is 10.7. The fourth-order valence-corrected chi connectivity index (χ4v) is 4.05. The average Bonchev–Trinajstić information content (AvgIpc) is 3.40. The lowest BCUT2D eigenvalue weighted by molar-refractivity contribution is 0.371. The predicted octanol–water partition coefficient (Wildman–Crippen LogP) is 3.41. The van der Waals surface area contributed by atoms with Gasteiger partial charge in [0, 0.05) is 43.8 Å². The Morgan fingerprint density at radius 2 is 1.87 bits per heavy atom. The van der Waals surface area contributed by atoms with Crippen molar-refractivity contribution in [3.8, 4) is 0 Å². The number of anilines is 1. The molecule has 0 amide bonds. The number of aryl methyl sites for hydroxylation is 1. The smallest absolute Gasteiger partial charge is 0.194 e. The first kappa shape index (κ1) is 23.5. The Bertz CT molecular complexity index is 980. The monoisotopic (exact) mass is 555 g/mol. The van der Waals surface area contributed by atoms with E-state index >= 15 is 0 Å². The largest absolute Gasteiger partial charge is 0.368 e. The summed E-state index contributed by atoms with van der Waals surface area (Å²) in [6, 6.07) is 10.9. The van der Waals surface area contributed by atoms with Crippen LogP contribution in [0, 0.1) is 12.7 Å². The molecule has 0 radical (unpaired) electrons. The topological polar surface area (TPSA) is 61.6 Å². The first-order valence-electron chi connectivity index (χ1n) is 10.0.